The number of hydrogen-bond acceptors (Lipinski definition) is 3. The van der Waals surface area contributed by atoms with Crippen LogP contribution in [-0.2, 0) is 14.4 Å². The van der Waals surface area contributed by atoms with Gasteiger partial charge in [-0.2, -0.15) is 0 Å². The van der Waals surface area contributed by atoms with Crippen LogP contribution in [0.3, 0.4) is 0 Å². The first kappa shape index (κ1) is 22.9. The molecule has 5 nitrogen and oxygen atoms in total. The normalized spacial score (nSPS) is 18.2. The number of likely N-dealkylation sites (N-methyl/N-ethyl adjacent to an activating group) is 1. The van der Waals surface area contributed by atoms with E-state index in [-0.39, 0.29) is 39.9 Å². The van der Waals surface area contributed by atoms with Crippen molar-refractivity contribution in [2.45, 2.75) is 55.4 Å². The van der Waals surface area contributed by atoms with Crippen molar-refractivity contribution in [1.29, 1.82) is 0 Å². The molecule has 22 heavy (non-hydrogen) atoms. The molecule has 1 atom stereocenters. The van der Waals surface area contributed by atoms with Crippen LogP contribution >= 0.6 is 0 Å². The summed E-state index contributed by atoms with van der Waals surface area (Å²) in [5.41, 5.74) is -0.861. The zero-order chi connectivity index (χ0) is 16.8. The van der Waals surface area contributed by atoms with E-state index in [9.17, 15) is 14.4 Å². The summed E-state index contributed by atoms with van der Waals surface area (Å²) >= 11 is 0. The van der Waals surface area contributed by atoms with Crippen molar-refractivity contribution in [3.8, 4) is 0 Å². The van der Waals surface area contributed by atoms with Gasteiger partial charge in [-0.25, -0.2) is 0 Å². The highest BCUT2D eigenvalue weighted by atomic mass is 16.2. The highest BCUT2D eigenvalue weighted by molar-refractivity contribution is 5.91. The number of hydrogen-bond donors (Lipinski definition) is 0. The number of amides is 2. The topological polar surface area (TPSA) is 57.7 Å². The summed E-state index contributed by atoms with van der Waals surface area (Å²) in [6.45, 7) is 10.8. The Balaban J connectivity index is -0.000000960. The third kappa shape index (κ3) is 7.10. The van der Waals surface area contributed by atoms with Crippen LogP contribution in [0.1, 0.15) is 56.8 Å². The van der Waals surface area contributed by atoms with Crippen LogP contribution in [0.2, 0.25) is 0 Å². The van der Waals surface area contributed by atoms with Gasteiger partial charge >= 0.3 is 0 Å². The van der Waals surface area contributed by atoms with E-state index < -0.39 is 11.9 Å². The Morgan fingerprint density at radius 3 is 2.18 bits per heavy atom. The van der Waals surface area contributed by atoms with E-state index >= 15 is 0 Å². The molecule has 1 saturated heterocycles. The Bertz CT molecular complexity index is 403. The highest BCUT2D eigenvalue weighted by Crippen LogP contribution is 2.24. The maximum atomic E-state index is 12.4. The van der Waals surface area contributed by atoms with E-state index in [4.69, 9.17) is 1.37 Å². The molecule has 0 N–H and O–H groups in total. The minimum Gasteiger partial charge on any atom is -0.340 e. The summed E-state index contributed by atoms with van der Waals surface area (Å²) in [6, 6.07) is 0. The van der Waals surface area contributed by atoms with Crippen LogP contribution in [0.15, 0.2) is 0 Å². The van der Waals surface area contributed by atoms with Gasteiger partial charge < -0.3 is 9.80 Å². The fourth-order valence-electron chi connectivity index (χ4n) is 2.18. The van der Waals surface area contributed by atoms with Crippen LogP contribution in [0, 0.1) is 5.41 Å². The first-order valence-corrected chi connectivity index (χ1v) is 7.22. The maximum Gasteiger partial charge on any atom is 0.242 e. The molecule has 0 saturated carbocycles. The van der Waals surface area contributed by atoms with Crippen molar-refractivity contribution in [2.75, 3.05) is 26.2 Å². The van der Waals surface area contributed by atoms with Crippen LogP contribution in [-0.4, -0.2) is 62.0 Å². The zero-order valence-electron chi connectivity index (χ0n) is 15.1. The molecule has 3 radical (unpaired) electrons. The summed E-state index contributed by atoms with van der Waals surface area (Å²) < 4.78 is 7.89. The SMILES string of the molecule is C.CC.[2H]C1C(=O)N(CC)CCN1C(=O)C(C)(C)CC(C)=O.[B]. The van der Waals surface area contributed by atoms with Crippen LogP contribution in [0.4, 0.5) is 0 Å². The molecule has 1 fully saturated rings. The van der Waals surface area contributed by atoms with E-state index in [2.05, 4.69) is 0 Å². The van der Waals surface area contributed by atoms with E-state index in [0.29, 0.717) is 19.6 Å². The summed E-state index contributed by atoms with van der Waals surface area (Å²) in [4.78, 5) is 38.3. The second-order valence-electron chi connectivity index (χ2n) is 5.31. The molecule has 0 aromatic carbocycles. The molecule has 1 unspecified atom stereocenters. The minimum atomic E-state index is -1.19. The van der Waals surface area contributed by atoms with Gasteiger partial charge in [0.15, 0.2) is 0 Å². The minimum absolute atomic E-state index is 0. The van der Waals surface area contributed by atoms with Crippen LogP contribution < -0.4 is 0 Å². The number of piperazine rings is 1. The Kier molecular flexibility index (Phi) is 11.8. The Hall–Kier alpha value is -1.33. The standard InChI is InChI=1S/C13H22N2O3.C2H6.CH4.B/c1-5-14-6-7-15(9-11(14)17)12(18)13(3,4)8-10(2)16;1-2;;/h5-9H2,1-4H3;1-2H3;1H4;/i9D;;;. The lowest BCUT2D eigenvalue weighted by molar-refractivity contribution is -0.151. The molecule has 1 aliphatic heterocycles. The van der Waals surface area contributed by atoms with Gasteiger partial charge in [0.2, 0.25) is 11.8 Å². The number of rotatable bonds is 4. The third-order valence-electron chi connectivity index (χ3n) is 3.10. The Morgan fingerprint density at radius 2 is 1.77 bits per heavy atom. The molecule has 0 bridgehead atoms. The molecule has 127 valence electrons. The van der Waals surface area contributed by atoms with E-state index in [1.807, 2.05) is 20.8 Å². The summed E-state index contributed by atoms with van der Waals surface area (Å²) in [7, 11) is 0. The van der Waals surface area contributed by atoms with Crippen molar-refractivity contribution < 1.29 is 15.8 Å². The molecule has 0 aliphatic carbocycles. The predicted molar refractivity (Wildman–Crippen MR) is 91.7 cm³/mol. The highest BCUT2D eigenvalue weighted by Gasteiger charge is 2.36. The van der Waals surface area contributed by atoms with Gasteiger partial charge in [0.05, 0.1) is 13.3 Å². The first-order chi connectivity index (χ1) is 9.70. The fraction of sp³-hybridized carbons (Fsp3) is 0.812. The largest absolute Gasteiger partial charge is 0.340 e. The average Bonchev–Trinajstić information content (AvgIpc) is 2.42. The van der Waals surface area contributed by atoms with Crippen molar-refractivity contribution in [3.05, 3.63) is 0 Å². The van der Waals surface area contributed by atoms with Crippen molar-refractivity contribution >= 4 is 26.0 Å². The number of carbonyl (C=O) groups is 3. The molecule has 1 aliphatic rings. The predicted octanol–water partition coefficient (Wildman–Crippen LogP) is 1.96. The molecule has 1 heterocycles. The second-order valence-corrected chi connectivity index (χ2v) is 5.31. The number of nitrogens with zero attached hydrogens (tertiary/aromatic N) is 2. The molecular weight excluding hydrogens is 279 g/mol. The van der Waals surface area contributed by atoms with Crippen molar-refractivity contribution in [1.82, 2.24) is 9.80 Å². The van der Waals surface area contributed by atoms with E-state index in [0.717, 1.165) is 0 Å². The maximum absolute atomic E-state index is 12.4. The fourth-order valence-corrected chi connectivity index (χ4v) is 2.18. The van der Waals surface area contributed by atoms with Gasteiger partial charge in [-0.15, -0.1) is 0 Å². The van der Waals surface area contributed by atoms with E-state index in [1.54, 1.807) is 18.7 Å². The molecular formula is C16H32BN2O3. The summed E-state index contributed by atoms with van der Waals surface area (Å²) in [5, 5.41) is 0. The molecule has 0 aromatic heterocycles. The molecule has 0 aromatic rings. The van der Waals surface area contributed by atoms with Gasteiger partial charge in [0, 0.05) is 34.5 Å². The number of Topliss-reactive ketones (excluding diaryl/α,β-unsaturated/α-hetero) is 1. The van der Waals surface area contributed by atoms with E-state index in [1.165, 1.54) is 11.8 Å². The Labute approximate surface area is 139 Å². The molecule has 1 rings (SSSR count). The Morgan fingerprint density at radius 1 is 1.27 bits per heavy atom. The van der Waals surface area contributed by atoms with Gasteiger partial charge in [-0.1, -0.05) is 35.1 Å². The quantitative estimate of drug-likeness (QED) is 0.746. The van der Waals surface area contributed by atoms with Gasteiger partial charge in [-0.05, 0) is 13.8 Å². The van der Waals surface area contributed by atoms with Crippen LogP contribution in [0.5, 0.6) is 0 Å². The second kappa shape index (κ2) is 11.3. The number of carbonyl (C=O) groups excluding carboxylic acids is 3. The number of ketones is 1. The zero-order valence-corrected chi connectivity index (χ0v) is 14.1. The van der Waals surface area contributed by atoms with Gasteiger partial charge in [-0.3, -0.25) is 14.4 Å². The molecule has 0 spiro atoms. The summed E-state index contributed by atoms with van der Waals surface area (Å²) in [6.07, 6.45) is 0.126. The smallest absolute Gasteiger partial charge is 0.242 e. The van der Waals surface area contributed by atoms with Crippen molar-refractivity contribution in [2.24, 2.45) is 5.41 Å². The molecule has 2 amide bonds. The molecule has 6 heteroatoms. The van der Waals surface area contributed by atoms with Crippen molar-refractivity contribution in [3.63, 3.8) is 0 Å². The monoisotopic (exact) mass is 312 g/mol. The lowest BCUT2D eigenvalue weighted by atomic mass is 9.85. The van der Waals surface area contributed by atoms with Gasteiger partial charge in [0.25, 0.3) is 0 Å². The summed E-state index contributed by atoms with van der Waals surface area (Å²) in [5.74, 6) is -0.717. The lowest BCUT2D eigenvalue weighted by Gasteiger charge is -2.37. The lowest BCUT2D eigenvalue weighted by Crippen LogP contribution is -2.54. The van der Waals surface area contributed by atoms with Crippen LogP contribution in [0.25, 0.3) is 0 Å². The average molecular weight is 312 g/mol. The van der Waals surface area contributed by atoms with Gasteiger partial charge in [0.1, 0.15) is 5.78 Å². The first-order valence-electron chi connectivity index (χ1n) is 7.80. The third-order valence-corrected chi connectivity index (χ3v) is 3.10.